The van der Waals surface area contributed by atoms with E-state index in [-0.39, 0.29) is 5.82 Å². The molecular weight excluding hydrogens is 227 g/mol. The van der Waals surface area contributed by atoms with Crippen LogP contribution in [0.4, 0.5) is 10.1 Å². The zero-order chi connectivity index (χ0) is 13.0. The molecule has 0 spiro atoms. The summed E-state index contributed by atoms with van der Waals surface area (Å²) in [4.78, 5) is 2.08. The molecule has 0 atom stereocenters. The number of benzene rings is 2. The molecule has 0 aliphatic carbocycles. The van der Waals surface area contributed by atoms with Gasteiger partial charge in [-0.25, -0.2) is 4.39 Å². The molecule has 0 heterocycles. The molecule has 0 radical (unpaired) electrons. The second-order valence-electron chi connectivity index (χ2n) is 4.36. The van der Waals surface area contributed by atoms with E-state index in [1.165, 1.54) is 6.07 Å². The van der Waals surface area contributed by atoms with Crippen LogP contribution in [0, 0.1) is 5.82 Å². The zero-order valence-corrected chi connectivity index (χ0v) is 10.4. The second-order valence-corrected chi connectivity index (χ2v) is 4.36. The third kappa shape index (κ3) is 3.08. The minimum Gasteiger partial charge on any atom is -0.370 e. The lowest BCUT2D eigenvalue weighted by atomic mass is 10.1. The minimum atomic E-state index is -0.198. The highest BCUT2D eigenvalue weighted by Crippen LogP contribution is 2.17. The summed E-state index contributed by atoms with van der Waals surface area (Å²) in [5.41, 5.74) is 8.76. The van der Waals surface area contributed by atoms with Crippen molar-refractivity contribution >= 4 is 5.69 Å². The summed E-state index contributed by atoms with van der Waals surface area (Å²) in [7, 11) is 1.99. The van der Waals surface area contributed by atoms with Crippen molar-refractivity contribution in [3.8, 4) is 0 Å². The van der Waals surface area contributed by atoms with Gasteiger partial charge in [0.2, 0.25) is 0 Å². The number of halogens is 1. The van der Waals surface area contributed by atoms with Gasteiger partial charge in [0.15, 0.2) is 0 Å². The Kier molecular flexibility index (Phi) is 3.95. The van der Waals surface area contributed by atoms with Crippen LogP contribution in [-0.4, -0.2) is 7.05 Å². The first-order valence-corrected chi connectivity index (χ1v) is 5.93. The van der Waals surface area contributed by atoms with Gasteiger partial charge in [0, 0.05) is 25.8 Å². The molecular formula is C15H17FN2. The van der Waals surface area contributed by atoms with E-state index in [0.29, 0.717) is 13.1 Å². The summed E-state index contributed by atoms with van der Waals surface area (Å²) in [6, 6.07) is 14.7. The summed E-state index contributed by atoms with van der Waals surface area (Å²) >= 11 is 0. The van der Waals surface area contributed by atoms with Crippen molar-refractivity contribution in [3.63, 3.8) is 0 Å². The molecule has 0 saturated carbocycles. The van der Waals surface area contributed by atoms with E-state index in [0.717, 1.165) is 16.8 Å². The third-order valence-electron chi connectivity index (χ3n) is 2.90. The number of hydrogen-bond donors (Lipinski definition) is 1. The fourth-order valence-electron chi connectivity index (χ4n) is 1.92. The first kappa shape index (κ1) is 12.6. The van der Waals surface area contributed by atoms with E-state index in [2.05, 4.69) is 11.0 Å². The summed E-state index contributed by atoms with van der Waals surface area (Å²) < 4.78 is 13.1. The smallest absolute Gasteiger partial charge is 0.123 e. The Balaban J connectivity index is 2.13. The summed E-state index contributed by atoms with van der Waals surface area (Å²) in [5.74, 6) is -0.198. The Morgan fingerprint density at radius 2 is 1.78 bits per heavy atom. The highest BCUT2D eigenvalue weighted by molar-refractivity contribution is 5.48. The number of anilines is 1. The predicted octanol–water partition coefficient (Wildman–Crippen LogP) is 2.92. The molecule has 0 amide bonds. The van der Waals surface area contributed by atoms with Gasteiger partial charge < -0.3 is 10.6 Å². The quantitative estimate of drug-likeness (QED) is 0.896. The molecule has 94 valence electrons. The van der Waals surface area contributed by atoms with Gasteiger partial charge >= 0.3 is 0 Å². The zero-order valence-electron chi connectivity index (χ0n) is 10.4. The van der Waals surface area contributed by atoms with E-state index in [4.69, 9.17) is 5.73 Å². The average Bonchev–Trinajstić information content (AvgIpc) is 2.39. The van der Waals surface area contributed by atoms with Gasteiger partial charge in [-0.3, -0.25) is 0 Å². The van der Waals surface area contributed by atoms with Crippen molar-refractivity contribution < 1.29 is 4.39 Å². The molecule has 2 N–H and O–H groups in total. The van der Waals surface area contributed by atoms with Crippen LogP contribution >= 0.6 is 0 Å². The van der Waals surface area contributed by atoms with Gasteiger partial charge in [-0.15, -0.1) is 0 Å². The Labute approximate surface area is 107 Å². The number of rotatable bonds is 4. The van der Waals surface area contributed by atoms with E-state index in [9.17, 15) is 4.39 Å². The van der Waals surface area contributed by atoms with E-state index < -0.39 is 0 Å². The van der Waals surface area contributed by atoms with Gasteiger partial charge in [0.1, 0.15) is 5.82 Å². The van der Waals surface area contributed by atoms with Crippen molar-refractivity contribution in [1.82, 2.24) is 0 Å². The largest absolute Gasteiger partial charge is 0.370 e. The maximum atomic E-state index is 13.1. The van der Waals surface area contributed by atoms with Crippen LogP contribution < -0.4 is 10.6 Å². The van der Waals surface area contributed by atoms with Crippen LogP contribution in [0.2, 0.25) is 0 Å². The predicted molar refractivity (Wildman–Crippen MR) is 72.8 cm³/mol. The monoisotopic (exact) mass is 244 g/mol. The van der Waals surface area contributed by atoms with Crippen LogP contribution in [0.15, 0.2) is 48.5 Å². The molecule has 0 aromatic heterocycles. The van der Waals surface area contributed by atoms with Crippen LogP contribution in [-0.2, 0) is 13.1 Å². The molecule has 2 nitrogen and oxygen atoms in total. The van der Waals surface area contributed by atoms with Crippen molar-refractivity contribution in [2.24, 2.45) is 5.73 Å². The Bertz CT molecular complexity index is 525. The molecule has 18 heavy (non-hydrogen) atoms. The van der Waals surface area contributed by atoms with Crippen molar-refractivity contribution in [1.29, 1.82) is 0 Å². The molecule has 3 heteroatoms. The lowest BCUT2D eigenvalue weighted by Gasteiger charge is -2.20. The lowest BCUT2D eigenvalue weighted by Crippen LogP contribution is -2.16. The van der Waals surface area contributed by atoms with Gasteiger partial charge in [-0.1, -0.05) is 24.3 Å². The second kappa shape index (κ2) is 5.65. The van der Waals surface area contributed by atoms with Crippen LogP contribution in [0.3, 0.4) is 0 Å². The molecule has 0 aliphatic rings. The maximum Gasteiger partial charge on any atom is 0.123 e. The van der Waals surface area contributed by atoms with E-state index in [1.807, 2.05) is 31.3 Å². The van der Waals surface area contributed by atoms with Gasteiger partial charge in [-0.05, 0) is 35.4 Å². The summed E-state index contributed by atoms with van der Waals surface area (Å²) in [5, 5.41) is 0. The number of hydrogen-bond acceptors (Lipinski definition) is 2. The first-order chi connectivity index (χ1) is 8.69. The fraction of sp³-hybridized carbons (Fsp3) is 0.200. The fourth-order valence-corrected chi connectivity index (χ4v) is 1.92. The van der Waals surface area contributed by atoms with Crippen molar-refractivity contribution in [3.05, 3.63) is 65.5 Å². The van der Waals surface area contributed by atoms with Gasteiger partial charge in [0.25, 0.3) is 0 Å². The first-order valence-electron chi connectivity index (χ1n) is 5.93. The molecule has 0 aliphatic heterocycles. The van der Waals surface area contributed by atoms with Crippen LogP contribution in [0.5, 0.6) is 0 Å². The Morgan fingerprint density at radius 1 is 1.06 bits per heavy atom. The number of nitrogens with zero attached hydrogens (tertiary/aromatic N) is 1. The topological polar surface area (TPSA) is 29.3 Å². The van der Waals surface area contributed by atoms with E-state index >= 15 is 0 Å². The van der Waals surface area contributed by atoms with Crippen LogP contribution in [0.1, 0.15) is 11.1 Å². The summed E-state index contributed by atoms with van der Waals surface area (Å²) in [6.45, 7) is 1.20. The lowest BCUT2D eigenvalue weighted by molar-refractivity contribution is 0.625. The third-order valence-corrected chi connectivity index (χ3v) is 2.90. The molecule has 0 bridgehead atoms. The van der Waals surface area contributed by atoms with Crippen molar-refractivity contribution in [2.75, 3.05) is 11.9 Å². The molecule has 2 aromatic rings. The SMILES string of the molecule is CN(Cc1cccc(F)c1)c1cccc(CN)c1. The highest BCUT2D eigenvalue weighted by atomic mass is 19.1. The minimum absolute atomic E-state index is 0.198. The maximum absolute atomic E-state index is 13.1. The van der Waals surface area contributed by atoms with E-state index in [1.54, 1.807) is 12.1 Å². The molecule has 2 rings (SSSR count). The normalized spacial score (nSPS) is 10.4. The molecule has 0 saturated heterocycles. The van der Waals surface area contributed by atoms with Crippen molar-refractivity contribution in [2.45, 2.75) is 13.1 Å². The summed E-state index contributed by atoms with van der Waals surface area (Å²) in [6.07, 6.45) is 0. The van der Waals surface area contributed by atoms with Gasteiger partial charge in [0.05, 0.1) is 0 Å². The highest BCUT2D eigenvalue weighted by Gasteiger charge is 2.03. The standard InChI is InChI=1S/C15H17FN2/c1-18(11-13-5-2-6-14(16)8-13)15-7-3-4-12(9-15)10-17/h2-9H,10-11,17H2,1H3. The van der Waals surface area contributed by atoms with Gasteiger partial charge in [-0.2, -0.15) is 0 Å². The average molecular weight is 244 g/mol. The molecule has 2 aromatic carbocycles. The number of nitrogens with two attached hydrogens (primary N) is 1. The Hall–Kier alpha value is -1.87. The Morgan fingerprint density at radius 3 is 2.50 bits per heavy atom. The molecule has 0 fully saturated rings. The van der Waals surface area contributed by atoms with Crippen LogP contribution in [0.25, 0.3) is 0 Å². The molecule has 0 unspecified atom stereocenters.